The van der Waals surface area contributed by atoms with Crippen molar-refractivity contribution in [2.24, 2.45) is 5.92 Å². The van der Waals surface area contributed by atoms with Crippen LogP contribution >= 0.6 is 0 Å². The molecule has 0 spiro atoms. The van der Waals surface area contributed by atoms with E-state index in [4.69, 9.17) is 0 Å². The van der Waals surface area contributed by atoms with E-state index in [-0.39, 0.29) is 28.7 Å². The summed E-state index contributed by atoms with van der Waals surface area (Å²) >= 11 is 0. The molecule has 3 aromatic rings. The molecule has 3 N–H and O–H groups in total. The topological polar surface area (TPSA) is 111 Å². The van der Waals surface area contributed by atoms with Crippen LogP contribution in [-0.2, 0) is 14.8 Å². The molecule has 2 aliphatic rings. The molecule has 0 unspecified atom stereocenters. The lowest BCUT2D eigenvalue weighted by Crippen LogP contribution is -2.54. The maximum Gasteiger partial charge on any atom is 0.255 e. The van der Waals surface area contributed by atoms with Crippen LogP contribution < -0.4 is 15.4 Å². The summed E-state index contributed by atoms with van der Waals surface area (Å²) in [6.07, 6.45) is 0.552. The van der Waals surface area contributed by atoms with E-state index < -0.39 is 10.0 Å². The summed E-state index contributed by atoms with van der Waals surface area (Å²) in [5.41, 5.74) is 1.97. The number of nitrogens with zero attached hydrogens (tertiary/aromatic N) is 2. The van der Waals surface area contributed by atoms with Gasteiger partial charge in [-0.1, -0.05) is 49.4 Å². The van der Waals surface area contributed by atoms with Crippen LogP contribution in [0, 0.1) is 12.8 Å². The number of benzene rings is 3. The highest BCUT2D eigenvalue weighted by atomic mass is 32.2. The summed E-state index contributed by atoms with van der Waals surface area (Å²) in [6, 6.07) is 17.4. The van der Waals surface area contributed by atoms with Crippen molar-refractivity contribution < 1.29 is 18.0 Å². The summed E-state index contributed by atoms with van der Waals surface area (Å²) in [5, 5.41) is 7.43. The van der Waals surface area contributed by atoms with Gasteiger partial charge in [-0.2, -0.15) is 0 Å². The number of amides is 2. The van der Waals surface area contributed by atoms with Crippen LogP contribution in [0.4, 0.5) is 5.69 Å². The van der Waals surface area contributed by atoms with Crippen molar-refractivity contribution >= 4 is 38.3 Å². The highest BCUT2D eigenvalue weighted by Gasteiger charge is 2.33. The second-order valence-electron chi connectivity index (χ2n) is 10.8. The van der Waals surface area contributed by atoms with E-state index in [1.54, 1.807) is 30.3 Å². The quantitative estimate of drug-likeness (QED) is 0.408. The third kappa shape index (κ3) is 6.20. The fourth-order valence-corrected chi connectivity index (χ4v) is 7.19. The lowest BCUT2D eigenvalue weighted by molar-refractivity contribution is -0.134. The molecule has 3 aromatic carbocycles. The molecule has 10 heteroatoms. The fourth-order valence-electron chi connectivity index (χ4n) is 5.60. The zero-order chi connectivity index (χ0) is 28.3. The van der Waals surface area contributed by atoms with Crippen LogP contribution in [0.2, 0.25) is 0 Å². The van der Waals surface area contributed by atoms with Gasteiger partial charge in [-0.15, -0.1) is 0 Å². The molecule has 40 heavy (non-hydrogen) atoms. The zero-order valence-electron chi connectivity index (χ0n) is 23.0. The Morgan fingerprint density at radius 2 is 1.65 bits per heavy atom. The first-order valence-corrected chi connectivity index (χ1v) is 15.3. The van der Waals surface area contributed by atoms with E-state index >= 15 is 0 Å². The highest BCUT2D eigenvalue weighted by molar-refractivity contribution is 7.89. The number of nitrogens with one attached hydrogen (secondary N) is 3. The van der Waals surface area contributed by atoms with E-state index in [2.05, 4.69) is 20.3 Å². The van der Waals surface area contributed by atoms with Crippen molar-refractivity contribution in [3.05, 3.63) is 71.8 Å². The van der Waals surface area contributed by atoms with Crippen molar-refractivity contribution in [1.82, 2.24) is 19.8 Å². The molecule has 2 fully saturated rings. The van der Waals surface area contributed by atoms with Gasteiger partial charge in [0.1, 0.15) is 0 Å². The Morgan fingerprint density at radius 3 is 2.38 bits per heavy atom. The van der Waals surface area contributed by atoms with Crippen molar-refractivity contribution in [3.8, 4) is 0 Å². The molecular weight excluding hydrogens is 526 g/mol. The van der Waals surface area contributed by atoms with Gasteiger partial charge >= 0.3 is 0 Å². The Kier molecular flexibility index (Phi) is 8.51. The molecule has 9 nitrogen and oxygen atoms in total. The van der Waals surface area contributed by atoms with Crippen LogP contribution in [0.1, 0.15) is 29.3 Å². The molecule has 0 aliphatic carbocycles. The Morgan fingerprint density at radius 1 is 0.950 bits per heavy atom. The normalized spacial score (nSPS) is 20.4. The lowest BCUT2D eigenvalue weighted by atomic mass is 9.95. The molecule has 0 bridgehead atoms. The zero-order valence-corrected chi connectivity index (χ0v) is 23.8. The number of fused-ring (bicyclic) bond motifs is 1. The van der Waals surface area contributed by atoms with Crippen LogP contribution in [-0.4, -0.2) is 81.9 Å². The number of hydrogen-bond donors (Lipinski definition) is 3. The monoisotopic (exact) mass is 563 g/mol. The molecule has 2 saturated heterocycles. The lowest BCUT2D eigenvalue weighted by Gasteiger charge is -2.38. The van der Waals surface area contributed by atoms with Crippen molar-refractivity contribution in [2.45, 2.75) is 31.2 Å². The first-order chi connectivity index (χ1) is 19.2. The number of piperidine rings is 1. The average molecular weight is 564 g/mol. The van der Waals surface area contributed by atoms with Crippen LogP contribution in [0.3, 0.4) is 0 Å². The number of piperazine rings is 1. The minimum absolute atomic E-state index is 0.0329. The number of likely N-dealkylation sites (tertiary alicyclic amines) is 1. The molecule has 2 heterocycles. The van der Waals surface area contributed by atoms with Crippen LogP contribution in [0.5, 0.6) is 0 Å². The number of carbonyl (C=O) groups is 2. The first kappa shape index (κ1) is 28.2. The minimum atomic E-state index is -3.87. The maximum absolute atomic E-state index is 13.6. The second-order valence-corrected chi connectivity index (χ2v) is 12.5. The largest absolute Gasteiger partial charge is 0.341 e. The molecule has 212 valence electrons. The minimum Gasteiger partial charge on any atom is -0.341 e. The molecule has 2 aliphatic heterocycles. The molecule has 0 radical (unpaired) electrons. The summed E-state index contributed by atoms with van der Waals surface area (Å²) in [4.78, 5) is 30.0. The smallest absolute Gasteiger partial charge is 0.255 e. The average Bonchev–Trinajstić information content (AvgIpc) is 2.95. The van der Waals surface area contributed by atoms with Gasteiger partial charge < -0.3 is 15.5 Å². The third-order valence-electron chi connectivity index (χ3n) is 7.94. The number of aryl methyl sites for hydroxylation is 1. The molecule has 2 amide bonds. The first-order valence-electron chi connectivity index (χ1n) is 13.8. The van der Waals surface area contributed by atoms with Gasteiger partial charge in [0.05, 0.1) is 11.4 Å². The maximum atomic E-state index is 13.6. The van der Waals surface area contributed by atoms with Gasteiger partial charge in [-0.25, -0.2) is 13.1 Å². The molecular formula is C30H37N5O4S. The Balaban J connectivity index is 1.29. The predicted molar refractivity (Wildman–Crippen MR) is 157 cm³/mol. The third-order valence-corrected chi connectivity index (χ3v) is 9.49. The van der Waals surface area contributed by atoms with Gasteiger partial charge in [0.2, 0.25) is 15.9 Å². The van der Waals surface area contributed by atoms with Gasteiger partial charge in [0.15, 0.2) is 0 Å². The SMILES string of the molecule is Cc1ccccc1C(=O)Nc1ccc(S(=O)(=O)N[C@H]2CCN(C(=O)CN3CCNCC3)C[C@H]2C)c2ccccc12. The molecule has 5 rings (SSSR count). The van der Waals surface area contributed by atoms with Gasteiger partial charge in [-0.05, 0) is 43.0 Å². The van der Waals surface area contributed by atoms with E-state index in [0.29, 0.717) is 48.1 Å². The van der Waals surface area contributed by atoms with Gasteiger partial charge in [0.25, 0.3) is 5.91 Å². The second kappa shape index (κ2) is 12.1. The molecule has 0 aromatic heterocycles. The summed E-state index contributed by atoms with van der Waals surface area (Å²) in [7, 11) is -3.87. The fraction of sp³-hybridized carbons (Fsp3) is 0.400. The Hall–Kier alpha value is -3.31. The Labute approximate surface area is 236 Å². The highest BCUT2D eigenvalue weighted by Crippen LogP contribution is 2.31. The number of carbonyl (C=O) groups excluding carboxylic acids is 2. The Bertz CT molecular complexity index is 1500. The predicted octanol–water partition coefficient (Wildman–Crippen LogP) is 2.82. The summed E-state index contributed by atoms with van der Waals surface area (Å²) in [6.45, 7) is 8.81. The number of hydrogen-bond acceptors (Lipinski definition) is 6. The van der Waals surface area contributed by atoms with Crippen molar-refractivity contribution in [1.29, 1.82) is 0 Å². The van der Waals surface area contributed by atoms with E-state index in [1.807, 2.05) is 49.1 Å². The number of rotatable bonds is 7. The van der Waals surface area contributed by atoms with Gasteiger partial charge in [0, 0.05) is 67.3 Å². The molecule has 2 atom stereocenters. The summed E-state index contributed by atoms with van der Waals surface area (Å²) < 4.78 is 30.2. The summed E-state index contributed by atoms with van der Waals surface area (Å²) in [5.74, 6) is -0.178. The van der Waals surface area contributed by atoms with Crippen molar-refractivity contribution in [3.63, 3.8) is 0 Å². The molecule has 0 saturated carbocycles. The standard InChI is InChI=1S/C30H37N5O4S/c1-21-7-3-4-8-23(21)30(37)32-27-11-12-28(25-10-6-5-9-24(25)27)40(38,39)33-26-13-16-35(19-22(26)2)29(36)20-34-17-14-31-15-18-34/h3-12,22,26,31,33H,13-20H2,1-2H3,(H,32,37)/t22-,26+/m1/s1. The van der Waals surface area contributed by atoms with Crippen LogP contribution in [0.15, 0.2) is 65.6 Å². The number of sulfonamides is 1. The van der Waals surface area contributed by atoms with E-state index in [0.717, 1.165) is 31.7 Å². The van der Waals surface area contributed by atoms with E-state index in [9.17, 15) is 18.0 Å². The van der Waals surface area contributed by atoms with Crippen LogP contribution in [0.25, 0.3) is 10.8 Å². The van der Waals surface area contributed by atoms with Crippen molar-refractivity contribution in [2.75, 3.05) is 51.1 Å². The van der Waals surface area contributed by atoms with Gasteiger partial charge in [-0.3, -0.25) is 14.5 Å². The van der Waals surface area contributed by atoms with E-state index in [1.165, 1.54) is 0 Å². The number of anilines is 1.